The molecule has 12 heavy (non-hydrogen) atoms. The number of aliphatic carboxylic acids is 1. The van der Waals surface area contributed by atoms with Crippen LogP contribution >= 0.6 is 0 Å². The van der Waals surface area contributed by atoms with Crippen LogP contribution in [0.4, 0.5) is 0 Å². The molecule has 2 amide bonds. The van der Waals surface area contributed by atoms with Gasteiger partial charge in [-0.15, -0.1) is 0 Å². The lowest BCUT2D eigenvalue weighted by atomic mass is 10.1. The van der Waals surface area contributed by atoms with Crippen LogP contribution in [0.3, 0.4) is 0 Å². The van der Waals surface area contributed by atoms with Gasteiger partial charge in [0.05, 0.1) is 0 Å². The smallest absolute Gasteiger partial charge is 0.323 e. The molecule has 1 heterocycles. The number of likely N-dealkylation sites (tertiary alicyclic amines) is 1. The summed E-state index contributed by atoms with van der Waals surface area (Å²) in [5, 5.41) is 8.36. The van der Waals surface area contributed by atoms with E-state index in [4.69, 9.17) is 5.11 Å². The molecule has 0 aromatic carbocycles. The van der Waals surface area contributed by atoms with Gasteiger partial charge in [-0.2, -0.15) is 0 Å². The zero-order valence-corrected chi connectivity index (χ0v) is 6.45. The van der Waals surface area contributed by atoms with E-state index in [0.717, 1.165) is 4.90 Å². The molecule has 1 aliphatic rings. The van der Waals surface area contributed by atoms with Crippen LogP contribution in [0.1, 0.15) is 19.3 Å². The van der Waals surface area contributed by atoms with Crippen LogP contribution in [-0.2, 0) is 14.4 Å². The largest absolute Gasteiger partial charge is 0.480 e. The van der Waals surface area contributed by atoms with Crippen LogP contribution in [-0.4, -0.2) is 34.3 Å². The summed E-state index contributed by atoms with van der Waals surface area (Å²) in [5.74, 6) is -1.92. The fraction of sp³-hybridized carbons (Fsp3) is 0.571. The van der Waals surface area contributed by atoms with Crippen molar-refractivity contribution in [1.82, 2.24) is 4.90 Å². The van der Waals surface area contributed by atoms with E-state index in [1.165, 1.54) is 0 Å². The summed E-state index contributed by atoms with van der Waals surface area (Å²) in [4.78, 5) is 33.0. The van der Waals surface area contributed by atoms with Gasteiger partial charge in [0.1, 0.15) is 6.54 Å². The molecule has 0 saturated carbocycles. The first-order valence-electron chi connectivity index (χ1n) is 3.66. The van der Waals surface area contributed by atoms with Crippen LogP contribution < -0.4 is 0 Å². The average molecular weight is 171 g/mol. The molecule has 1 saturated heterocycles. The number of carboxylic acids is 1. The van der Waals surface area contributed by atoms with E-state index >= 15 is 0 Å². The number of carbonyl (C=O) groups is 3. The summed E-state index contributed by atoms with van der Waals surface area (Å²) in [6.07, 6.45) is 1.09. The normalized spacial score (nSPS) is 18.2. The van der Waals surface area contributed by atoms with Crippen molar-refractivity contribution in [3.8, 4) is 0 Å². The maximum atomic E-state index is 11.0. The molecule has 0 bridgehead atoms. The lowest BCUT2D eigenvalue weighted by Gasteiger charge is -2.22. The fourth-order valence-corrected chi connectivity index (χ4v) is 1.11. The second-order valence-electron chi connectivity index (χ2n) is 2.62. The van der Waals surface area contributed by atoms with Gasteiger partial charge in [0, 0.05) is 12.8 Å². The highest BCUT2D eigenvalue weighted by molar-refractivity contribution is 5.99. The first-order valence-corrected chi connectivity index (χ1v) is 3.66. The molecule has 66 valence electrons. The van der Waals surface area contributed by atoms with E-state index in [2.05, 4.69) is 0 Å². The Labute approximate surface area is 69.0 Å². The van der Waals surface area contributed by atoms with Gasteiger partial charge in [-0.1, -0.05) is 0 Å². The summed E-state index contributed by atoms with van der Waals surface area (Å²) in [7, 11) is 0. The van der Waals surface area contributed by atoms with Gasteiger partial charge >= 0.3 is 5.97 Å². The Morgan fingerprint density at radius 3 is 2.25 bits per heavy atom. The van der Waals surface area contributed by atoms with Crippen molar-refractivity contribution >= 4 is 17.8 Å². The number of rotatable bonds is 2. The van der Waals surface area contributed by atoms with Gasteiger partial charge in [0.2, 0.25) is 11.8 Å². The Balaban J connectivity index is 2.63. The highest BCUT2D eigenvalue weighted by Crippen LogP contribution is 2.11. The second-order valence-corrected chi connectivity index (χ2v) is 2.62. The van der Waals surface area contributed by atoms with Crippen molar-refractivity contribution in [2.24, 2.45) is 0 Å². The Morgan fingerprint density at radius 1 is 1.33 bits per heavy atom. The molecule has 5 heteroatoms. The third kappa shape index (κ3) is 1.81. The van der Waals surface area contributed by atoms with Crippen molar-refractivity contribution in [3.63, 3.8) is 0 Å². The Hall–Kier alpha value is -1.39. The first-order chi connectivity index (χ1) is 5.61. The number of amides is 2. The standard InChI is InChI=1S/C7H9NO4/c9-5-2-1-3-6(10)8(5)4-7(11)12/h1-4H2,(H,11,12). The van der Waals surface area contributed by atoms with Crippen molar-refractivity contribution < 1.29 is 19.5 Å². The van der Waals surface area contributed by atoms with Gasteiger partial charge in [0.15, 0.2) is 0 Å². The van der Waals surface area contributed by atoms with E-state index in [1.807, 2.05) is 0 Å². The van der Waals surface area contributed by atoms with Crippen LogP contribution in [0.2, 0.25) is 0 Å². The summed E-state index contributed by atoms with van der Waals surface area (Å²) in [6, 6.07) is 0. The van der Waals surface area contributed by atoms with Crippen LogP contribution in [0.25, 0.3) is 0 Å². The lowest BCUT2D eigenvalue weighted by Crippen LogP contribution is -2.43. The average Bonchev–Trinajstić information content (AvgIpc) is 1.97. The molecule has 1 fully saturated rings. The monoisotopic (exact) mass is 171 g/mol. The highest BCUT2D eigenvalue weighted by Gasteiger charge is 2.27. The summed E-state index contributed by atoms with van der Waals surface area (Å²) >= 11 is 0. The third-order valence-electron chi connectivity index (χ3n) is 1.68. The molecule has 5 nitrogen and oxygen atoms in total. The maximum Gasteiger partial charge on any atom is 0.323 e. The van der Waals surface area contributed by atoms with E-state index in [9.17, 15) is 14.4 Å². The van der Waals surface area contributed by atoms with E-state index in [1.54, 1.807) is 0 Å². The number of carbonyl (C=O) groups excluding carboxylic acids is 2. The van der Waals surface area contributed by atoms with Gasteiger partial charge in [-0.3, -0.25) is 19.3 Å². The number of hydrogen-bond donors (Lipinski definition) is 1. The molecule has 0 aromatic heterocycles. The Kier molecular flexibility index (Phi) is 2.42. The summed E-state index contributed by atoms with van der Waals surface area (Å²) < 4.78 is 0. The Bertz CT molecular complexity index is 220. The molecule has 1 N–H and O–H groups in total. The second kappa shape index (κ2) is 3.34. The number of hydrogen-bond acceptors (Lipinski definition) is 3. The minimum atomic E-state index is -1.15. The molecule has 0 aromatic rings. The van der Waals surface area contributed by atoms with Gasteiger partial charge < -0.3 is 5.11 Å². The molecular formula is C7H9NO4. The number of piperidine rings is 1. The molecule has 0 radical (unpaired) electrons. The van der Waals surface area contributed by atoms with Gasteiger partial charge in [-0.05, 0) is 6.42 Å². The molecule has 0 unspecified atom stereocenters. The number of imide groups is 1. The predicted molar refractivity (Wildman–Crippen MR) is 38.2 cm³/mol. The quantitative estimate of drug-likeness (QED) is 0.574. The minimum Gasteiger partial charge on any atom is -0.480 e. The first kappa shape index (κ1) is 8.70. The van der Waals surface area contributed by atoms with Gasteiger partial charge in [-0.25, -0.2) is 0 Å². The van der Waals surface area contributed by atoms with E-state index < -0.39 is 12.5 Å². The number of nitrogens with zero attached hydrogens (tertiary/aromatic N) is 1. The zero-order chi connectivity index (χ0) is 9.14. The zero-order valence-electron chi connectivity index (χ0n) is 6.45. The fourth-order valence-electron chi connectivity index (χ4n) is 1.11. The van der Waals surface area contributed by atoms with Crippen molar-refractivity contribution in [2.75, 3.05) is 6.54 Å². The topological polar surface area (TPSA) is 74.7 Å². The third-order valence-corrected chi connectivity index (χ3v) is 1.68. The molecule has 0 spiro atoms. The lowest BCUT2D eigenvalue weighted by molar-refractivity contribution is -0.154. The molecule has 1 aliphatic heterocycles. The molecule has 0 aliphatic carbocycles. The van der Waals surface area contributed by atoms with E-state index in [-0.39, 0.29) is 24.7 Å². The molecule has 1 rings (SSSR count). The van der Waals surface area contributed by atoms with Crippen LogP contribution in [0, 0.1) is 0 Å². The van der Waals surface area contributed by atoms with Gasteiger partial charge in [0.25, 0.3) is 0 Å². The SMILES string of the molecule is O=C(O)CN1C(=O)CCCC1=O. The minimum absolute atomic E-state index is 0.277. The van der Waals surface area contributed by atoms with Crippen LogP contribution in [0.15, 0.2) is 0 Å². The van der Waals surface area contributed by atoms with Crippen molar-refractivity contribution in [1.29, 1.82) is 0 Å². The molecule has 0 atom stereocenters. The number of carboxylic acid groups (broad SMARTS) is 1. The molecular weight excluding hydrogens is 162 g/mol. The van der Waals surface area contributed by atoms with Crippen LogP contribution in [0.5, 0.6) is 0 Å². The summed E-state index contributed by atoms with van der Waals surface area (Å²) in [6.45, 7) is -0.502. The van der Waals surface area contributed by atoms with Crippen molar-refractivity contribution in [3.05, 3.63) is 0 Å². The predicted octanol–water partition coefficient (Wildman–Crippen LogP) is -0.390. The Morgan fingerprint density at radius 2 is 1.83 bits per heavy atom. The summed E-state index contributed by atoms with van der Waals surface area (Å²) in [5.41, 5.74) is 0. The van der Waals surface area contributed by atoms with Crippen molar-refractivity contribution in [2.45, 2.75) is 19.3 Å². The maximum absolute atomic E-state index is 11.0. The van der Waals surface area contributed by atoms with E-state index in [0.29, 0.717) is 6.42 Å². The highest BCUT2D eigenvalue weighted by atomic mass is 16.4.